The molecule has 126 valence electrons. The molecule has 3 aromatic rings. The number of H-pyrrole nitrogens is 1. The zero-order chi connectivity index (χ0) is 16.2. The molecule has 0 saturated carbocycles. The molecule has 1 fully saturated rings. The molecule has 2 aromatic heterocycles. The van der Waals surface area contributed by atoms with Crippen molar-refractivity contribution < 1.29 is 4.42 Å². The van der Waals surface area contributed by atoms with Crippen molar-refractivity contribution in [2.75, 3.05) is 31.5 Å². The number of nitrogens with zero attached hydrogens (tertiary/aromatic N) is 3. The number of hydrogen-bond donors (Lipinski definition) is 2. The zero-order valence-corrected chi connectivity index (χ0v) is 13.8. The van der Waals surface area contributed by atoms with Crippen molar-refractivity contribution in [1.82, 2.24) is 20.1 Å². The monoisotopic (exact) mass is 325 g/mol. The lowest BCUT2D eigenvalue weighted by Gasteiger charge is -2.26. The number of fused-ring (bicyclic) bond motifs is 1. The largest absolute Gasteiger partial charge is 0.403 e. The van der Waals surface area contributed by atoms with E-state index in [1.807, 2.05) is 24.4 Å². The first kappa shape index (κ1) is 15.2. The number of likely N-dealkylation sites (tertiary alicyclic amines) is 1. The van der Waals surface area contributed by atoms with E-state index < -0.39 is 0 Å². The van der Waals surface area contributed by atoms with Crippen molar-refractivity contribution in [2.24, 2.45) is 0 Å². The van der Waals surface area contributed by atoms with E-state index in [1.165, 1.54) is 32.4 Å². The first-order valence-electron chi connectivity index (χ1n) is 8.76. The Labute approximate surface area is 141 Å². The van der Waals surface area contributed by atoms with Crippen LogP contribution in [0.25, 0.3) is 22.4 Å². The molecule has 1 aromatic carbocycles. The maximum Gasteiger partial charge on any atom is 0.315 e. The van der Waals surface area contributed by atoms with Gasteiger partial charge in [0, 0.05) is 23.6 Å². The van der Waals surface area contributed by atoms with Crippen molar-refractivity contribution in [3.8, 4) is 11.5 Å². The lowest BCUT2D eigenvalue weighted by Crippen LogP contribution is -2.31. The predicted molar refractivity (Wildman–Crippen MR) is 95.0 cm³/mol. The third-order valence-corrected chi connectivity index (χ3v) is 4.62. The number of rotatable bonds is 6. The van der Waals surface area contributed by atoms with Gasteiger partial charge in [0.2, 0.25) is 0 Å². The number of benzene rings is 1. The maximum atomic E-state index is 5.76. The van der Waals surface area contributed by atoms with E-state index in [-0.39, 0.29) is 0 Å². The summed E-state index contributed by atoms with van der Waals surface area (Å²) >= 11 is 0. The topological polar surface area (TPSA) is 70.0 Å². The van der Waals surface area contributed by atoms with Gasteiger partial charge in [0.15, 0.2) is 0 Å². The Bertz CT molecular complexity index is 787. The standard InChI is InChI=1S/C18H23N5O/c1-4-10-23(11-5-1)12-6-9-19-18-22-21-17(24-18)15-13-20-16-8-3-2-7-14(15)16/h2-3,7-8,13,20H,1,4-6,9-12H2,(H,19,22). The molecular weight excluding hydrogens is 302 g/mol. The van der Waals surface area contributed by atoms with Gasteiger partial charge in [-0.05, 0) is 45.0 Å². The van der Waals surface area contributed by atoms with Gasteiger partial charge >= 0.3 is 6.01 Å². The fourth-order valence-corrected chi connectivity index (χ4v) is 3.33. The molecule has 1 aliphatic heterocycles. The number of aromatic amines is 1. The smallest absolute Gasteiger partial charge is 0.315 e. The van der Waals surface area contributed by atoms with Crippen molar-refractivity contribution in [3.63, 3.8) is 0 Å². The van der Waals surface area contributed by atoms with Crippen LogP contribution in [0.4, 0.5) is 6.01 Å². The van der Waals surface area contributed by atoms with Crippen LogP contribution in [-0.4, -0.2) is 46.3 Å². The molecule has 0 bridgehead atoms. The minimum absolute atomic E-state index is 0.494. The van der Waals surface area contributed by atoms with Gasteiger partial charge in [-0.1, -0.05) is 29.7 Å². The Morgan fingerprint density at radius 1 is 1.12 bits per heavy atom. The molecule has 0 radical (unpaired) electrons. The summed E-state index contributed by atoms with van der Waals surface area (Å²) in [6, 6.07) is 8.60. The minimum atomic E-state index is 0.494. The van der Waals surface area contributed by atoms with E-state index in [9.17, 15) is 0 Å². The van der Waals surface area contributed by atoms with Gasteiger partial charge < -0.3 is 19.6 Å². The van der Waals surface area contributed by atoms with E-state index in [4.69, 9.17) is 4.42 Å². The molecule has 0 atom stereocenters. The van der Waals surface area contributed by atoms with Gasteiger partial charge in [0.05, 0.1) is 5.56 Å². The second kappa shape index (κ2) is 7.05. The summed E-state index contributed by atoms with van der Waals surface area (Å²) < 4.78 is 5.76. The average Bonchev–Trinajstić information content (AvgIpc) is 3.26. The third kappa shape index (κ3) is 3.28. The number of piperidine rings is 1. The molecule has 1 aliphatic rings. The van der Waals surface area contributed by atoms with E-state index in [0.717, 1.165) is 36.0 Å². The summed E-state index contributed by atoms with van der Waals surface area (Å²) in [7, 11) is 0. The molecule has 0 aliphatic carbocycles. The van der Waals surface area contributed by atoms with Gasteiger partial charge in [-0.25, -0.2) is 0 Å². The van der Waals surface area contributed by atoms with Crippen LogP contribution in [0.3, 0.4) is 0 Å². The number of anilines is 1. The van der Waals surface area contributed by atoms with Crippen molar-refractivity contribution in [2.45, 2.75) is 25.7 Å². The number of hydrogen-bond acceptors (Lipinski definition) is 5. The fourth-order valence-electron chi connectivity index (χ4n) is 3.33. The van der Waals surface area contributed by atoms with Crippen LogP contribution in [0.15, 0.2) is 34.9 Å². The third-order valence-electron chi connectivity index (χ3n) is 4.62. The Morgan fingerprint density at radius 2 is 2.00 bits per heavy atom. The van der Waals surface area contributed by atoms with Gasteiger partial charge in [-0.15, -0.1) is 5.10 Å². The van der Waals surface area contributed by atoms with E-state index in [2.05, 4.69) is 31.5 Å². The summed E-state index contributed by atoms with van der Waals surface area (Å²) in [4.78, 5) is 5.77. The van der Waals surface area contributed by atoms with Crippen LogP contribution in [0.5, 0.6) is 0 Å². The average molecular weight is 325 g/mol. The Balaban J connectivity index is 1.33. The quantitative estimate of drug-likeness (QED) is 0.679. The second-order valence-electron chi connectivity index (χ2n) is 6.34. The number of para-hydroxylation sites is 1. The molecule has 0 amide bonds. The SMILES string of the molecule is c1ccc2c(-c3nnc(NCCCN4CCCCC4)o3)c[nH]c2c1. The fraction of sp³-hybridized carbons (Fsp3) is 0.444. The number of aromatic nitrogens is 3. The second-order valence-corrected chi connectivity index (χ2v) is 6.34. The zero-order valence-electron chi connectivity index (χ0n) is 13.8. The Morgan fingerprint density at radius 3 is 2.92 bits per heavy atom. The molecule has 0 spiro atoms. The first-order valence-corrected chi connectivity index (χ1v) is 8.76. The van der Waals surface area contributed by atoms with Gasteiger partial charge in [0.1, 0.15) is 0 Å². The normalized spacial score (nSPS) is 15.8. The van der Waals surface area contributed by atoms with Crippen LogP contribution in [0.2, 0.25) is 0 Å². The molecule has 4 rings (SSSR count). The highest BCUT2D eigenvalue weighted by Crippen LogP contribution is 2.28. The minimum Gasteiger partial charge on any atom is -0.403 e. The summed E-state index contributed by atoms with van der Waals surface area (Å²) in [5, 5.41) is 12.6. The van der Waals surface area contributed by atoms with Crippen molar-refractivity contribution in [3.05, 3.63) is 30.5 Å². The highest BCUT2D eigenvalue weighted by atomic mass is 16.4. The lowest BCUT2D eigenvalue weighted by atomic mass is 10.1. The highest BCUT2D eigenvalue weighted by Gasteiger charge is 2.13. The first-order chi connectivity index (χ1) is 11.9. The molecular formula is C18H23N5O. The molecule has 2 N–H and O–H groups in total. The van der Waals surface area contributed by atoms with Crippen LogP contribution in [0, 0.1) is 0 Å². The maximum absolute atomic E-state index is 5.76. The van der Waals surface area contributed by atoms with Crippen LogP contribution in [0.1, 0.15) is 25.7 Å². The summed E-state index contributed by atoms with van der Waals surface area (Å²) in [5.74, 6) is 0.547. The molecule has 3 heterocycles. The van der Waals surface area contributed by atoms with Gasteiger partial charge in [0.25, 0.3) is 5.89 Å². The molecule has 24 heavy (non-hydrogen) atoms. The van der Waals surface area contributed by atoms with Crippen LogP contribution < -0.4 is 5.32 Å². The highest BCUT2D eigenvalue weighted by molar-refractivity contribution is 5.93. The van der Waals surface area contributed by atoms with E-state index in [0.29, 0.717) is 11.9 Å². The predicted octanol–water partition coefficient (Wildman–Crippen LogP) is 3.51. The Hall–Kier alpha value is -2.34. The lowest BCUT2D eigenvalue weighted by molar-refractivity contribution is 0.228. The van der Waals surface area contributed by atoms with Gasteiger partial charge in [-0.2, -0.15) is 0 Å². The van der Waals surface area contributed by atoms with Crippen molar-refractivity contribution >= 4 is 16.9 Å². The molecule has 1 saturated heterocycles. The van der Waals surface area contributed by atoms with Crippen molar-refractivity contribution in [1.29, 1.82) is 0 Å². The summed E-state index contributed by atoms with van der Waals surface area (Å²) in [6.07, 6.45) is 7.06. The summed E-state index contributed by atoms with van der Waals surface area (Å²) in [6.45, 7) is 4.47. The number of nitrogens with one attached hydrogen (secondary N) is 2. The van der Waals surface area contributed by atoms with E-state index in [1.54, 1.807) is 0 Å². The van der Waals surface area contributed by atoms with E-state index >= 15 is 0 Å². The molecule has 0 unspecified atom stereocenters. The molecule has 6 heteroatoms. The molecule has 6 nitrogen and oxygen atoms in total. The summed E-state index contributed by atoms with van der Waals surface area (Å²) in [5.41, 5.74) is 2.02. The van der Waals surface area contributed by atoms with Crippen LogP contribution in [-0.2, 0) is 0 Å². The van der Waals surface area contributed by atoms with Crippen LogP contribution >= 0.6 is 0 Å². The van der Waals surface area contributed by atoms with Gasteiger partial charge in [-0.3, -0.25) is 0 Å². The Kier molecular flexibility index (Phi) is 4.46.